The standard InChI is InChI=1S/C22H20N4O4S/c1-13-9-14(2)24-22(23-13)31-11-20(27)26-17-6-4-3-5-16(17)21(28)25-15-7-8-18-19(10-15)30-12-29-18/h3-10H,11-12H2,1-2H3,(H,25,28)(H,26,27). The Kier molecular flexibility index (Phi) is 6.03. The molecule has 0 fully saturated rings. The van der Waals surface area contributed by atoms with Crippen LogP contribution in [0.25, 0.3) is 0 Å². The third-order valence-electron chi connectivity index (χ3n) is 4.37. The van der Waals surface area contributed by atoms with E-state index in [0.29, 0.717) is 33.6 Å². The number of para-hydroxylation sites is 1. The van der Waals surface area contributed by atoms with Crippen LogP contribution in [0.15, 0.2) is 53.7 Å². The number of aryl methyl sites for hydroxylation is 2. The highest BCUT2D eigenvalue weighted by Gasteiger charge is 2.17. The number of nitrogens with zero attached hydrogens (tertiary/aromatic N) is 2. The van der Waals surface area contributed by atoms with Crippen molar-refractivity contribution < 1.29 is 19.1 Å². The van der Waals surface area contributed by atoms with Gasteiger partial charge in [-0.15, -0.1) is 0 Å². The van der Waals surface area contributed by atoms with E-state index in [9.17, 15) is 9.59 Å². The van der Waals surface area contributed by atoms with Crippen molar-refractivity contribution in [2.45, 2.75) is 19.0 Å². The summed E-state index contributed by atoms with van der Waals surface area (Å²) in [6, 6.07) is 13.9. The molecule has 8 nitrogen and oxygen atoms in total. The number of thioether (sulfide) groups is 1. The Morgan fingerprint density at radius 3 is 2.52 bits per heavy atom. The van der Waals surface area contributed by atoms with Crippen molar-refractivity contribution in [3.05, 3.63) is 65.5 Å². The average molecular weight is 436 g/mol. The second-order valence-electron chi connectivity index (χ2n) is 6.84. The van der Waals surface area contributed by atoms with Gasteiger partial charge in [-0.2, -0.15) is 0 Å². The average Bonchev–Trinajstić information content (AvgIpc) is 3.20. The summed E-state index contributed by atoms with van der Waals surface area (Å²) >= 11 is 1.24. The molecule has 3 aromatic rings. The van der Waals surface area contributed by atoms with Crippen LogP contribution >= 0.6 is 11.8 Å². The van der Waals surface area contributed by atoms with Crippen molar-refractivity contribution in [1.82, 2.24) is 9.97 Å². The zero-order chi connectivity index (χ0) is 21.8. The zero-order valence-corrected chi connectivity index (χ0v) is 17.8. The van der Waals surface area contributed by atoms with Gasteiger partial charge in [-0.1, -0.05) is 23.9 Å². The first kappa shape index (κ1) is 20.7. The van der Waals surface area contributed by atoms with Gasteiger partial charge in [-0.05, 0) is 44.2 Å². The van der Waals surface area contributed by atoms with Gasteiger partial charge < -0.3 is 20.1 Å². The predicted octanol–water partition coefficient (Wildman–Crippen LogP) is 3.81. The fourth-order valence-corrected chi connectivity index (χ4v) is 3.79. The lowest BCUT2D eigenvalue weighted by Crippen LogP contribution is -2.19. The summed E-state index contributed by atoms with van der Waals surface area (Å²) in [6.45, 7) is 3.93. The van der Waals surface area contributed by atoms with Crippen molar-refractivity contribution in [3.8, 4) is 11.5 Å². The fourth-order valence-electron chi connectivity index (χ4n) is 3.04. The maximum atomic E-state index is 12.8. The highest BCUT2D eigenvalue weighted by atomic mass is 32.2. The monoisotopic (exact) mass is 436 g/mol. The Labute approximate surface area is 183 Å². The number of hydrogen-bond acceptors (Lipinski definition) is 7. The molecule has 0 saturated carbocycles. The summed E-state index contributed by atoms with van der Waals surface area (Å²) in [5.74, 6) is 0.734. The number of anilines is 2. The summed E-state index contributed by atoms with van der Waals surface area (Å²) in [7, 11) is 0. The van der Waals surface area contributed by atoms with Crippen LogP contribution in [0.1, 0.15) is 21.7 Å². The van der Waals surface area contributed by atoms with E-state index in [2.05, 4.69) is 20.6 Å². The minimum atomic E-state index is -0.347. The molecular weight excluding hydrogens is 416 g/mol. The molecule has 0 aliphatic carbocycles. The molecule has 0 spiro atoms. The topological polar surface area (TPSA) is 102 Å². The second-order valence-corrected chi connectivity index (χ2v) is 7.78. The van der Waals surface area contributed by atoms with E-state index in [1.807, 2.05) is 19.9 Å². The predicted molar refractivity (Wildman–Crippen MR) is 118 cm³/mol. The molecule has 158 valence electrons. The number of benzene rings is 2. The molecule has 2 aromatic carbocycles. The third kappa shape index (κ3) is 5.13. The quantitative estimate of drug-likeness (QED) is 0.447. The lowest BCUT2D eigenvalue weighted by atomic mass is 10.1. The Hall–Kier alpha value is -3.59. The third-order valence-corrected chi connectivity index (χ3v) is 5.22. The highest BCUT2D eigenvalue weighted by Crippen LogP contribution is 2.34. The highest BCUT2D eigenvalue weighted by molar-refractivity contribution is 7.99. The molecule has 0 bridgehead atoms. The van der Waals surface area contributed by atoms with Gasteiger partial charge in [-0.25, -0.2) is 9.97 Å². The van der Waals surface area contributed by atoms with Gasteiger partial charge in [0.25, 0.3) is 5.91 Å². The molecule has 31 heavy (non-hydrogen) atoms. The molecule has 0 saturated heterocycles. The maximum absolute atomic E-state index is 12.8. The van der Waals surface area contributed by atoms with Crippen LogP contribution in [-0.4, -0.2) is 34.3 Å². The summed E-state index contributed by atoms with van der Waals surface area (Å²) in [4.78, 5) is 33.9. The Bertz CT molecular complexity index is 1130. The Morgan fingerprint density at radius 2 is 1.71 bits per heavy atom. The lowest BCUT2D eigenvalue weighted by Gasteiger charge is -2.12. The van der Waals surface area contributed by atoms with E-state index in [1.54, 1.807) is 42.5 Å². The van der Waals surface area contributed by atoms with Gasteiger partial charge >= 0.3 is 0 Å². The van der Waals surface area contributed by atoms with Crippen molar-refractivity contribution in [2.75, 3.05) is 23.2 Å². The van der Waals surface area contributed by atoms with Crippen molar-refractivity contribution in [1.29, 1.82) is 0 Å². The molecule has 4 rings (SSSR count). The van der Waals surface area contributed by atoms with Crippen LogP contribution in [0.3, 0.4) is 0 Å². The number of amides is 2. The van der Waals surface area contributed by atoms with Gasteiger partial charge in [0.15, 0.2) is 16.7 Å². The molecule has 2 heterocycles. The molecular formula is C22H20N4O4S. The van der Waals surface area contributed by atoms with Crippen LogP contribution in [-0.2, 0) is 4.79 Å². The smallest absolute Gasteiger partial charge is 0.257 e. The van der Waals surface area contributed by atoms with Crippen LogP contribution < -0.4 is 20.1 Å². The van der Waals surface area contributed by atoms with Crippen LogP contribution in [0, 0.1) is 13.8 Å². The van der Waals surface area contributed by atoms with E-state index >= 15 is 0 Å². The number of aromatic nitrogens is 2. The summed E-state index contributed by atoms with van der Waals surface area (Å²) in [5.41, 5.74) is 3.04. The van der Waals surface area contributed by atoms with Crippen LogP contribution in [0.4, 0.5) is 11.4 Å². The van der Waals surface area contributed by atoms with Crippen LogP contribution in [0.5, 0.6) is 11.5 Å². The van der Waals surface area contributed by atoms with E-state index < -0.39 is 0 Å². The Balaban J connectivity index is 1.41. The van der Waals surface area contributed by atoms with Crippen molar-refractivity contribution in [2.24, 2.45) is 0 Å². The van der Waals surface area contributed by atoms with Crippen molar-refractivity contribution >= 4 is 35.0 Å². The number of ether oxygens (including phenoxy) is 2. The van der Waals surface area contributed by atoms with Gasteiger partial charge in [0.05, 0.1) is 17.0 Å². The zero-order valence-electron chi connectivity index (χ0n) is 17.0. The van der Waals surface area contributed by atoms with Crippen LogP contribution in [0.2, 0.25) is 0 Å². The Morgan fingerprint density at radius 1 is 0.968 bits per heavy atom. The summed E-state index contributed by atoms with van der Waals surface area (Å²) < 4.78 is 10.6. The number of carbonyl (C=O) groups is 2. The first-order valence-corrected chi connectivity index (χ1v) is 10.5. The number of fused-ring (bicyclic) bond motifs is 1. The summed E-state index contributed by atoms with van der Waals surface area (Å²) in [5, 5.41) is 6.16. The number of rotatable bonds is 6. The van der Waals surface area contributed by atoms with Gasteiger partial charge in [0.1, 0.15) is 0 Å². The minimum Gasteiger partial charge on any atom is -0.454 e. The largest absolute Gasteiger partial charge is 0.454 e. The molecule has 0 atom stereocenters. The molecule has 1 aromatic heterocycles. The second kappa shape index (κ2) is 9.05. The van der Waals surface area contributed by atoms with Crippen molar-refractivity contribution in [3.63, 3.8) is 0 Å². The maximum Gasteiger partial charge on any atom is 0.257 e. The number of carbonyl (C=O) groups excluding carboxylic acids is 2. The normalized spacial score (nSPS) is 11.8. The summed E-state index contributed by atoms with van der Waals surface area (Å²) in [6.07, 6.45) is 0. The molecule has 1 aliphatic heterocycles. The molecule has 0 unspecified atom stereocenters. The number of hydrogen-bond donors (Lipinski definition) is 2. The molecule has 0 radical (unpaired) electrons. The fraction of sp³-hybridized carbons (Fsp3) is 0.182. The van der Waals surface area contributed by atoms with E-state index in [0.717, 1.165) is 11.4 Å². The first-order valence-electron chi connectivity index (χ1n) is 9.53. The number of nitrogens with one attached hydrogen (secondary N) is 2. The van der Waals surface area contributed by atoms with E-state index in [1.165, 1.54) is 11.8 Å². The van der Waals surface area contributed by atoms with E-state index in [4.69, 9.17) is 9.47 Å². The lowest BCUT2D eigenvalue weighted by molar-refractivity contribution is -0.113. The SMILES string of the molecule is Cc1cc(C)nc(SCC(=O)Nc2ccccc2C(=O)Nc2ccc3c(c2)OCO3)n1. The molecule has 2 N–H and O–H groups in total. The molecule has 1 aliphatic rings. The first-order chi connectivity index (χ1) is 15.0. The molecule has 2 amide bonds. The molecule has 9 heteroatoms. The minimum absolute atomic E-state index is 0.126. The van der Waals surface area contributed by atoms with E-state index in [-0.39, 0.29) is 24.4 Å². The van der Waals surface area contributed by atoms with Gasteiger partial charge in [-0.3, -0.25) is 9.59 Å². The van der Waals surface area contributed by atoms with Gasteiger partial charge in [0, 0.05) is 23.1 Å². The van der Waals surface area contributed by atoms with Gasteiger partial charge in [0.2, 0.25) is 12.7 Å².